The largest absolute Gasteiger partial charge is 0.462 e. The summed E-state index contributed by atoms with van der Waals surface area (Å²) >= 11 is 0. The third kappa shape index (κ3) is 13.7. The Morgan fingerprint density at radius 1 is 1.00 bits per heavy atom. The van der Waals surface area contributed by atoms with Gasteiger partial charge in [-0.1, -0.05) is 32.9 Å². The lowest BCUT2D eigenvalue weighted by atomic mass is 9.81. The molecule has 1 unspecified atom stereocenters. The molecule has 3 heterocycles. The molecular weight excluding hydrogens is 756 g/mol. The number of methoxy groups -OCH3 is 1. The Hall–Kier alpha value is -2.54. The molecule has 3 aliphatic rings. The summed E-state index contributed by atoms with van der Waals surface area (Å²) in [4.78, 5) is 54.6. The van der Waals surface area contributed by atoms with Gasteiger partial charge in [-0.05, 0) is 80.1 Å². The molecule has 0 aromatic heterocycles. The first-order valence-corrected chi connectivity index (χ1v) is 20.6. The molecule has 2 fully saturated rings. The molecule has 58 heavy (non-hydrogen) atoms. The highest BCUT2D eigenvalue weighted by Crippen LogP contribution is 2.38. The SMILES string of the molecule is CO[C@@H]1[C@@H](O[C@@H]2O[C@H](C)C(O[C@H]3C[C@@](C)(O)[C@@H](OC(=O)CC(C)C)[C@H](C)O3)[C@H](N(C)C)[C@H]2O)[C@@H](CC=O)C[C@@H](C)[C@@H](N(C)C)/C=C/C[C@@H](C)OC(=O)C[C@H]1OC(C)=O. The summed E-state index contributed by atoms with van der Waals surface area (Å²) in [6.45, 7) is 14.0. The zero-order valence-electron chi connectivity index (χ0n) is 36.9. The van der Waals surface area contributed by atoms with E-state index in [1.54, 1.807) is 46.7 Å². The Morgan fingerprint density at radius 3 is 2.22 bits per heavy atom. The second-order valence-corrected chi connectivity index (χ2v) is 17.5. The molecule has 2 N–H and O–H groups in total. The highest BCUT2D eigenvalue weighted by atomic mass is 16.7. The number of aliphatic hydroxyl groups is 2. The first-order valence-electron chi connectivity index (χ1n) is 20.6. The zero-order chi connectivity index (χ0) is 43.6. The number of cyclic esters (lactones) is 1. The van der Waals surface area contributed by atoms with Gasteiger partial charge in [0.1, 0.15) is 42.4 Å². The van der Waals surface area contributed by atoms with Gasteiger partial charge >= 0.3 is 17.9 Å². The Morgan fingerprint density at radius 2 is 1.67 bits per heavy atom. The fourth-order valence-corrected chi connectivity index (χ4v) is 8.64. The van der Waals surface area contributed by atoms with E-state index in [4.69, 9.17) is 37.9 Å². The molecule has 0 amide bonds. The van der Waals surface area contributed by atoms with Crippen LogP contribution >= 0.6 is 0 Å². The minimum absolute atomic E-state index is 0.0235. The first-order chi connectivity index (χ1) is 27.1. The zero-order valence-corrected chi connectivity index (χ0v) is 36.9. The van der Waals surface area contributed by atoms with Crippen molar-refractivity contribution < 1.29 is 67.3 Å². The molecule has 16 heteroatoms. The van der Waals surface area contributed by atoms with Crippen molar-refractivity contribution in [1.29, 1.82) is 0 Å². The highest BCUT2D eigenvalue weighted by molar-refractivity contribution is 5.72. The van der Waals surface area contributed by atoms with E-state index >= 15 is 0 Å². The summed E-state index contributed by atoms with van der Waals surface area (Å²) < 4.78 is 49.0. The molecule has 0 aliphatic carbocycles. The van der Waals surface area contributed by atoms with Gasteiger partial charge in [0.05, 0.1) is 30.8 Å². The monoisotopic (exact) mass is 828 g/mol. The Balaban J connectivity index is 1.99. The van der Waals surface area contributed by atoms with Crippen LogP contribution in [0.5, 0.6) is 0 Å². The maximum atomic E-state index is 13.3. The minimum atomic E-state index is -1.48. The lowest BCUT2D eigenvalue weighted by Crippen LogP contribution is -2.66. The Bertz CT molecular complexity index is 1360. The summed E-state index contributed by atoms with van der Waals surface area (Å²) in [5, 5.41) is 23.6. The summed E-state index contributed by atoms with van der Waals surface area (Å²) in [5.74, 6) is -2.19. The van der Waals surface area contributed by atoms with Crippen molar-refractivity contribution in [3.63, 3.8) is 0 Å². The molecule has 3 aliphatic heterocycles. The van der Waals surface area contributed by atoms with Crippen LogP contribution in [0, 0.1) is 17.8 Å². The minimum Gasteiger partial charge on any atom is -0.462 e. The fraction of sp³-hybridized carbons (Fsp3) is 0.857. The van der Waals surface area contributed by atoms with E-state index in [0.29, 0.717) is 12.8 Å². The van der Waals surface area contributed by atoms with Crippen LogP contribution in [-0.2, 0) is 57.1 Å². The number of carbonyl (C=O) groups excluding carboxylic acids is 4. The van der Waals surface area contributed by atoms with Crippen molar-refractivity contribution in [3.05, 3.63) is 12.2 Å². The van der Waals surface area contributed by atoms with E-state index in [2.05, 4.69) is 17.9 Å². The number of rotatable bonds is 13. The van der Waals surface area contributed by atoms with Crippen LogP contribution in [0.15, 0.2) is 12.2 Å². The second-order valence-electron chi connectivity index (χ2n) is 17.5. The van der Waals surface area contributed by atoms with Crippen LogP contribution in [0.2, 0.25) is 0 Å². The van der Waals surface area contributed by atoms with Crippen molar-refractivity contribution in [2.45, 2.75) is 179 Å². The average molecular weight is 829 g/mol. The van der Waals surface area contributed by atoms with Gasteiger partial charge in [0, 0.05) is 45.8 Å². The highest BCUT2D eigenvalue weighted by Gasteiger charge is 2.53. The molecule has 2 saturated heterocycles. The first kappa shape index (κ1) is 49.8. The third-order valence-electron chi connectivity index (χ3n) is 11.3. The van der Waals surface area contributed by atoms with E-state index in [1.165, 1.54) is 14.0 Å². The van der Waals surface area contributed by atoms with Gasteiger partial charge in [-0.3, -0.25) is 14.4 Å². The number of aldehydes is 1. The predicted octanol–water partition coefficient (Wildman–Crippen LogP) is 3.03. The third-order valence-corrected chi connectivity index (χ3v) is 11.3. The Kier molecular flexibility index (Phi) is 19.2. The van der Waals surface area contributed by atoms with Crippen molar-refractivity contribution in [1.82, 2.24) is 9.80 Å². The van der Waals surface area contributed by atoms with Crippen LogP contribution < -0.4 is 0 Å². The summed E-state index contributed by atoms with van der Waals surface area (Å²) in [7, 11) is 8.88. The smallest absolute Gasteiger partial charge is 0.309 e. The van der Waals surface area contributed by atoms with Gasteiger partial charge in [0.15, 0.2) is 18.7 Å². The summed E-state index contributed by atoms with van der Waals surface area (Å²) in [5.41, 5.74) is -1.48. The number of esters is 3. The normalized spacial score (nSPS) is 40.1. The molecular formula is C42H72N2O14. The maximum absolute atomic E-state index is 13.3. The van der Waals surface area contributed by atoms with Gasteiger partial charge in [0.2, 0.25) is 0 Å². The molecule has 0 aromatic rings. The van der Waals surface area contributed by atoms with Crippen LogP contribution in [0.3, 0.4) is 0 Å². The van der Waals surface area contributed by atoms with E-state index < -0.39 is 103 Å². The molecule has 0 bridgehead atoms. The van der Waals surface area contributed by atoms with Crippen molar-refractivity contribution in [2.75, 3.05) is 35.3 Å². The number of ether oxygens (including phenoxy) is 8. The molecule has 0 radical (unpaired) electrons. The lowest BCUT2D eigenvalue weighted by Gasteiger charge is -2.50. The van der Waals surface area contributed by atoms with Crippen LogP contribution in [0.1, 0.15) is 93.9 Å². The van der Waals surface area contributed by atoms with E-state index in [0.717, 1.165) is 6.29 Å². The van der Waals surface area contributed by atoms with E-state index in [9.17, 15) is 29.4 Å². The number of likely N-dealkylation sites (N-methyl/N-ethyl adjacent to an activating group) is 2. The summed E-state index contributed by atoms with van der Waals surface area (Å²) in [6.07, 6.45) is -4.91. The molecule has 0 saturated carbocycles. The topological polar surface area (TPSA) is 189 Å². The van der Waals surface area contributed by atoms with Gasteiger partial charge in [0.25, 0.3) is 0 Å². The fourth-order valence-electron chi connectivity index (χ4n) is 8.64. The van der Waals surface area contributed by atoms with Crippen LogP contribution in [0.4, 0.5) is 0 Å². The van der Waals surface area contributed by atoms with Crippen molar-refractivity contribution >= 4 is 24.2 Å². The van der Waals surface area contributed by atoms with Crippen molar-refractivity contribution in [2.24, 2.45) is 17.8 Å². The number of carbonyl (C=O) groups is 4. The molecule has 16 atom stereocenters. The van der Waals surface area contributed by atoms with Gasteiger partial charge in [-0.2, -0.15) is 0 Å². The van der Waals surface area contributed by atoms with Gasteiger partial charge in [-0.25, -0.2) is 0 Å². The number of hydrogen-bond donors (Lipinski definition) is 2. The average Bonchev–Trinajstić information content (AvgIpc) is 3.08. The number of aliphatic hydroxyl groups excluding tert-OH is 1. The molecule has 0 spiro atoms. The quantitative estimate of drug-likeness (QED) is 0.119. The van der Waals surface area contributed by atoms with Gasteiger partial charge < -0.3 is 62.7 Å². The Labute approximate surface area is 345 Å². The molecule has 3 rings (SSSR count). The van der Waals surface area contributed by atoms with E-state index in [1.807, 2.05) is 34.0 Å². The molecule has 334 valence electrons. The van der Waals surface area contributed by atoms with Crippen LogP contribution in [-0.4, -0.2) is 165 Å². The van der Waals surface area contributed by atoms with E-state index in [-0.39, 0.29) is 43.6 Å². The van der Waals surface area contributed by atoms with Crippen LogP contribution in [0.25, 0.3) is 0 Å². The predicted molar refractivity (Wildman–Crippen MR) is 212 cm³/mol. The lowest BCUT2D eigenvalue weighted by molar-refractivity contribution is -0.344. The standard InChI is InChI=1S/C42H72N2O14/c1-23(2)19-32(47)56-40-27(6)53-34(22-42(40,8)50)57-37-26(5)54-41(36(49)35(37)44(11)12)58-38-29(17-18-45)20-24(3)30(43(9)10)16-14-15-25(4)52-33(48)21-31(39(38)51-13)55-28(7)46/h14,16,18,23-27,29-31,34-41,49-50H,15,17,19-22H2,1-13H3/b16-14+/t24-,25-,26-,27+,29+,30+,31-,34+,35-,36-,37?,38+,39+,40+,41+,42-/m1/s1. The molecule has 0 aromatic carbocycles. The number of hydrogen-bond acceptors (Lipinski definition) is 16. The maximum Gasteiger partial charge on any atom is 0.309 e. The summed E-state index contributed by atoms with van der Waals surface area (Å²) in [6, 6.07) is -0.808. The van der Waals surface area contributed by atoms with Crippen molar-refractivity contribution in [3.8, 4) is 0 Å². The van der Waals surface area contributed by atoms with Gasteiger partial charge in [-0.15, -0.1) is 0 Å². The number of nitrogens with zero attached hydrogens (tertiary/aromatic N) is 2. The second kappa shape index (κ2) is 22.3. The molecule has 16 nitrogen and oxygen atoms in total.